The van der Waals surface area contributed by atoms with Crippen LogP contribution in [0.3, 0.4) is 0 Å². The Bertz CT molecular complexity index is 1020. The van der Waals surface area contributed by atoms with Crippen LogP contribution >= 0.6 is 11.6 Å². The second-order valence-corrected chi connectivity index (χ2v) is 10.3. The third-order valence-electron chi connectivity index (χ3n) is 4.20. The highest BCUT2D eigenvalue weighted by Gasteiger charge is 2.32. The number of aromatic nitrogens is 1. The Morgan fingerprint density at radius 2 is 1.83 bits per heavy atom. The van der Waals surface area contributed by atoms with Crippen LogP contribution in [0.25, 0.3) is 0 Å². The molecule has 158 valence electrons. The summed E-state index contributed by atoms with van der Waals surface area (Å²) < 4.78 is 72.2. The molecule has 1 aliphatic heterocycles. The predicted molar refractivity (Wildman–Crippen MR) is 106 cm³/mol. The van der Waals surface area contributed by atoms with Crippen molar-refractivity contribution in [2.45, 2.75) is 11.1 Å². The Balaban J connectivity index is 1.71. The molecule has 0 saturated carbocycles. The van der Waals surface area contributed by atoms with Gasteiger partial charge in [-0.3, -0.25) is 0 Å². The molecular formula is C17H17ClF3N3O3S2. The molecule has 1 saturated heterocycles. The Morgan fingerprint density at radius 3 is 2.34 bits per heavy atom. The Hall–Kier alpha value is -1.85. The fourth-order valence-corrected chi connectivity index (χ4v) is 6.56. The zero-order chi connectivity index (χ0) is 21.2. The summed E-state index contributed by atoms with van der Waals surface area (Å²) >= 11 is 5.98. The molecule has 0 bridgehead atoms. The van der Waals surface area contributed by atoms with E-state index < -0.39 is 32.5 Å². The summed E-state index contributed by atoms with van der Waals surface area (Å²) in [5.74, 6) is 1.67. The molecule has 6 nitrogen and oxygen atoms in total. The van der Waals surface area contributed by atoms with Gasteiger partial charge in [-0.1, -0.05) is 22.3 Å². The lowest BCUT2D eigenvalue weighted by atomic mass is 10.2. The van der Waals surface area contributed by atoms with Crippen LogP contribution in [0.2, 0.25) is 5.02 Å². The first-order chi connectivity index (χ1) is 13.6. The molecule has 1 aromatic heterocycles. The minimum absolute atomic E-state index is 0.0840. The van der Waals surface area contributed by atoms with E-state index in [2.05, 4.69) is 8.75 Å². The van der Waals surface area contributed by atoms with Crippen LogP contribution < -0.4 is 9.64 Å². The molecule has 2 heterocycles. The lowest BCUT2D eigenvalue weighted by Gasteiger charge is -2.29. The van der Waals surface area contributed by atoms with E-state index in [1.54, 1.807) is 17.0 Å². The number of pyridine rings is 1. The Kier molecular flexibility index (Phi) is 6.39. The molecule has 29 heavy (non-hydrogen) atoms. The van der Waals surface area contributed by atoms with E-state index >= 15 is 0 Å². The van der Waals surface area contributed by atoms with Crippen LogP contribution in [0.15, 0.2) is 45.2 Å². The number of sulfonamides is 1. The average molecular weight is 468 g/mol. The van der Waals surface area contributed by atoms with Crippen LogP contribution in [0.4, 0.5) is 19.0 Å². The molecule has 0 spiro atoms. The first-order valence-electron chi connectivity index (χ1n) is 8.37. The largest absolute Gasteiger partial charge is 0.497 e. The minimum atomic E-state index is -4.52. The average Bonchev–Trinajstić information content (AvgIpc) is 2.68. The standard InChI is InChI=1S/C17H17ClF3N3O3S2/c1-27-13-2-4-14(5-3-13)29(25,26)23-28-8-6-24(7-9-28)16-15(18)10-12(11-22-16)17(19,20)21/h2-5,10-11H,6-9H2,1H3. The Labute approximate surface area is 173 Å². The summed E-state index contributed by atoms with van der Waals surface area (Å²) in [5, 5.41) is -0.0931. The lowest BCUT2D eigenvalue weighted by Crippen LogP contribution is -2.38. The highest BCUT2D eigenvalue weighted by Crippen LogP contribution is 2.33. The van der Waals surface area contributed by atoms with Crippen molar-refractivity contribution in [2.24, 2.45) is 3.77 Å². The highest BCUT2D eigenvalue weighted by molar-refractivity contribution is 8.00. The van der Waals surface area contributed by atoms with Gasteiger partial charge in [0.2, 0.25) is 0 Å². The van der Waals surface area contributed by atoms with Crippen LogP contribution in [0.1, 0.15) is 5.56 Å². The SMILES string of the molecule is COc1ccc(S(=O)(=O)N=S2CCN(c3ncc(C(F)(F)F)cc3Cl)CC2)cc1. The number of benzene rings is 1. The molecule has 3 rings (SSSR count). The molecule has 1 aromatic carbocycles. The molecule has 0 unspecified atom stereocenters. The quantitative estimate of drug-likeness (QED) is 0.684. The monoisotopic (exact) mass is 467 g/mol. The molecule has 1 aliphatic rings. The van der Waals surface area contributed by atoms with Crippen LogP contribution in [0.5, 0.6) is 5.75 Å². The van der Waals surface area contributed by atoms with Crippen molar-refractivity contribution in [1.82, 2.24) is 4.98 Å². The van der Waals surface area contributed by atoms with E-state index in [-0.39, 0.29) is 15.7 Å². The third-order valence-corrected chi connectivity index (χ3v) is 8.29. The van der Waals surface area contributed by atoms with E-state index in [4.69, 9.17) is 16.3 Å². The van der Waals surface area contributed by atoms with Gasteiger partial charge in [0, 0.05) is 30.8 Å². The number of halogens is 4. The molecule has 0 atom stereocenters. The van der Waals surface area contributed by atoms with Crippen molar-refractivity contribution in [3.63, 3.8) is 0 Å². The molecule has 1 fully saturated rings. The number of nitrogens with zero attached hydrogens (tertiary/aromatic N) is 3. The number of hydrogen-bond donors (Lipinski definition) is 0. The van der Waals surface area contributed by atoms with Gasteiger partial charge in [-0.25, -0.2) is 4.98 Å². The predicted octanol–water partition coefficient (Wildman–Crippen LogP) is 3.77. The van der Waals surface area contributed by atoms with Gasteiger partial charge in [0.05, 0.1) is 22.6 Å². The topological polar surface area (TPSA) is 71.9 Å². The molecule has 0 radical (unpaired) electrons. The lowest BCUT2D eigenvalue weighted by molar-refractivity contribution is -0.137. The molecule has 0 aliphatic carbocycles. The third kappa shape index (κ3) is 5.20. The molecule has 2 aromatic rings. The summed E-state index contributed by atoms with van der Waals surface area (Å²) in [6.45, 7) is 0.783. The molecular weight excluding hydrogens is 451 g/mol. The summed E-state index contributed by atoms with van der Waals surface area (Å²) in [6, 6.07) is 6.81. The number of hydrogen-bond acceptors (Lipinski definition) is 5. The van der Waals surface area contributed by atoms with Gasteiger partial charge in [-0.2, -0.15) is 21.6 Å². The van der Waals surface area contributed by atoms with Gasteiger partial charge in [0.1, 0.15) is 11.6 Å². The van der Waals surface area contributed by atoms with Gasteiger partial charge in [-0.15, -0.1) is 3.77 Å². The van der Waals surface area contributed by atoms with E-state index in [0.29, 0.717) is 30.3 Å². The number of alkyl halides is 3. The summed E-state index contributed by atoms with van der Waals surface area (Å²) in [5.41, 5.74) is -0.913. The fraction of sp³-hybridized carbons (Fsp3) is 0.353. The second kappa shape index (κ2) is 8.49. The zero-order valence-electron chi connectivity index (χ0n) is 15.2. The van der Waals surface area contributed by atoms with Crippen molar-refractivity contribution >= 4 is 38.1 Å². The van der Waals surface area contributed by atoms with Gasteiger partial charge in [-0.05, 0) is 30.3 Å². The van der Waals surface area contributed by atoms with E-state index in [0.717, 1.165) is 12.3 Å². The van der Waals surface area contributed by atoms with Gasteiger partial charge in [0.25, 0.3) is 10.0 Å². The summed E-state index contributed by atoms with van der Waals surface area (Å²) in [4.78, 5) is 5.67. The normalized spacial score (nSPS) is 16.0. The first-order valence-corrected chi connectivity index (χ1v) is 11.7. The van der Waals surface area contributed by atoms with Crippen molar-refractivity contribution in [3.05, 3.63) is 47.1 Å². The van der Waals surface area contributed by atoms with E-state index in [9.17, 15) is 21.6 Å². The highest BCUT2D eigenvalue weighted by atomic mass is 35.5. The number of methoxy groups -OCH3 is 1. The van der Waals surface area contributed by atoms with E-state index in [1.165, 1.54) is 19.2 Å². The smallest absolute Gasteiger partial charge is 0.417 e. The number of rotatable bonds is 4. The van der Waals surface area contributed by atoms with Crippen LogP contribution in [-0.4, -0.2) is 45.1 Å². The summed E-state index contributed by atoms with van der Waals surface area (Å²) in [6.07, 6.45) is -3.77. The summed E-state index contributed by atoms with van der Waals surface area (Å²) in [7, 11) is -3.04. The van der Waals surface area contributed by atoms with Crippen LogP contribution in [-0.2, 0) is 26.9 Å². The van der Waals surface area contributed by atoms with Crippen molar-refractivity contribution in [3.8, 4) is 5.75 Å². The van der Waals surface area contributed by atoms with Gasteiger partial charge >= 0.3 is 6.18 Å². The fourth-order valence-electron chi connectivity index (χ4n) is 2.68. The zero-order valence-corrected chi connectivity index (χ0v) is 17.6. The second-order valence-electron chi connectivity index (χ2n) is 6.11. The van der Waals surface area contributed by atoms with Gasteiger partial charge in [0.15, 0.2) is 0 Å². The van der Waals surface area contributed by atoms with Gasteiger partial charge < -0.3 is 9.64 Å². The maximum absolute atomic E-state index is 12.7. The Morgan fingerprint density at radius 1 is 1.21 bits per heavy atom. The number of ether oxygens (including phenoxy) is 1. The molecule has 0 amide bonds. The minimum Gasteiger partial charge on any atom is -0.497 e. The van der Waals surface area contributed by atoms with Crippen molar-refractivity contribution < 1.29 is 26.3 Å². The van der Waals surface area contributed by atoms with E-state index in [1.807, 2.05) is 0 Å². The maximum atomic E-state index is 12.7. The maximum Gasteiger partial charge on any atom is 0.417 e. The molecule has 0 N–H and O–H groups in total. The molecule has 12 heteroatoms. The van der Waals surface area contributed by atoms with Crippen molar-refractivity contribution in [2.75, 3.05) is 36.6 Å². The first kappa shape index (κ1) is 21.8. The van der Waals surface area contributed by atoms with Crippen LogP contribution in [0, 0.1) is 0 Å². The number of anilines is 1. The van der Waals surface area contributed by atoms with Crippen molar-refractivity contribution in [1.29, 1.82) is 0 Å².